The van der Waals surface area contributed by atoms with E-state index in [2.05, 4.69) is 14.8 Å². The molecule has 2 aliphatic rings. The lowest BCUT2D eigenvalue weighted by Gasteiger charge is -2.35. The minimum Gasteiger partial charge on any atom is -0.353 e. The van der Waals surface area contributed by atoms with E-state index >= 15 is 0 Å². The molecule has 1 aliphatic carbocycles. The van der Waals surface area contributed by atoms with Gasteiger partial charge in [0.25, 0.3) is 0 Å². The monoisotopic (exact) mass is 266 g/mol. The highest BCUT2D eigenvalue weighted by atomic mass is 35.5. The molecule has 3 rings (SSSR count). The minimum absolute atomic E-state index is 0.489. The van der Waals surface area contributed by atoms with Crippen LogP contribution in [0.1, 0.15) is 18.4 Å². The SMILES string of the molecule is NCc1cnc(N2CCN(C3CC3)CC2)c(Cl)c1. The van der Waals surface area contributed by atoms with Crippen LogP contribution in [0.3, 0.4) is 0 Å². The van der Waals surface area contributed by atoms with Gasteiger partial charge in [-0.3, -0.25) is 4.90 Å². The van der Waals surface area contributed by atoms with Crippen LogP contribution in [0.15, 0.2) is 12.3 Å². The molecular formula is C13H19ClN4. The van der Waals surface area contributed by atoms with E-state index in [-0.39, 0.29) is 0 Å². The van der Waals surface area contributed by atoms with E-state index in [4.69, 9.17) is 17.3 Å². The van der Waals surface area contributed by atoms with Crippen LogP contribution in [0, 0.1) is 0 Å². The number of hydrogen-bond acceptors (Lipinski definition) is 4. The molecule has 5 heteroatoms. The second-order valence-electron chi connectivity index (χ2n) is 5.11. The van der Waals surface area contributed by atoms with Gasteiger partial charge in [-0.05, 0) is 24.5 Å². The smallest absolute Gasteiger partial charge is 0.147 e. The van der Waals surface area contributed by atoms with Crippen molar-refractivity contribution in [2.24, 2.45) is 5.73 Å². The summed E-state index contributed by atoms with van der Waals surface area (Å²) >= 11 is 6.28. The molecule has 4 nitrogen and oxygen atoms in total. The van der Waals surface area contributed by atoms with Gasteiger partial charge in [-0.15, -0.1) is 0 Å². The third-order valence-electron chi connectivity index (χ3n) is 3.79. The Bertz CT molecular complexity index is 425. The molecule has 2 fully saturated rings. The van der Waals surface area contributed by atoms with E-state index in [1.54, 1.807) is 0 Å². The molecule has 0 aromatic carbocycles. The van der Waals surface area contributed by atoms with Crippen LogP contribution < -0.4 is 10.6 Å². The quantitative estimate of drug-likeness (QED) is 0.900. The Morgan fingerprint density at radius 2 is 2.00 bits per heavy atom. The van der Waals surface area contributed by atoms with E-state index in [1.165, 1.54) is 12.8 Å². The van der Waals surface area contributed by atoms with Gasteiger partial charge in [-0.25, -0.2) is 4.98 Å². The van der Waals surface area contributed by atoms with Gasteiger partial charge in [0.1, 0.15) is 5.82 Å². The number of halogens is 1. The fourth-order valence-electron chi connectivity index (χ4n) is 2.55. The summed E-state index contributed by atoms with van der Waals surface area (Å²) in [5, 5.41) is 0.720. The van der Waals surface area contributed by atoms with Crippen molar-refractivity contribution in [1.82, 2.24) is 9.88 Å². The molecule has 1 saturated heterocycles. The van der Waals surface area contributed by atoms with Gasteiger partial charge in [-0.2, -0.15) is 0 Å². The summed E-state index contributed by atoms with van der Waals surface area (Å²) in [4.78, 5) is 9.31. The molecule has 0 spiro atoms. The Labute approximate surface area is 113 Å². The minimum atomic E-state index is 0.489. The summed E-state index contributed by atoms with van der Waals surface area (Å²) in [6.07, 6.45) is 4.59. The molecule has 1 aliphatic heterocycles. The molecule has 0 unspecified atom stereocenters. The largest absolute Gasteiger partial charge is 0.353 e. The molecule has 2 heterocycles. The van der Waals surface area contributed by atoms with Gasteiger partial charge in [0.15, 0.2) is 0 Å². The van der Waals surface area contributed by atoms with Gasteiger partial charge in [0.2, 0.25) is 0 Å². The summed E-state index contributed by atoms with van der Waals surface area (Å²) in [5.74, 6) is 0.907. The van der Waals surface area contributed by atoms with Crippen molar-refractivity contribution < 1.29 is 0 Å². The first-order valence-corrected chi connectivity index (χ1v) is 6.99. The lowest BCUT2D eigenvalue weighted by molar-refractivity contribution is 0.247. The van der Waals surface area contributed by atoms with Crippen molar-refractivity contribution in [3.63, 3.8) is 0 Å². The molecule has 98 valence electrons. The number of anilines is 1. The first-order valence-electron chi connectivity index (χ1n) is 6.61. The number of pyridine rings is 1. The van der Waals surface area contributed by atoms with Crippen LogP contribution in [-0.4, -0.2) is 42.1 Å². The van der Waals surface area contributed by atoms with Crippen LogP contribution in [0.5, 0.6) is 0 Å². The Morgan fingerprint density at radius 1 is 1.28 bits per heavy atom. The number of piperazine rings is 1. The topological polar surface area (TPSA) is 45.4 Å². The average molecular weight is 267 g/mol. The normalized spacial score (nSPS) is 21.3. The maximum Gasteiger partial charge on any atom is 0.147 e. The van der Waals surface area contributed by atoms with Crippen LogP contribution in [-0.2, 0) is 6.54 Å². The maximum absolute atomic E-state index is 6.28. The van der Waals surface area contributed by atoms with Gasteiger partial charge < -0.3 is 10.6 Å². The van der Waals surface area contributed by atoms with Crippen molar-refractivity contribution in [1.29, 1.82) is 0 Å². The summed E-state index contributed by atoms with van der Waals surface area (Å²) in [7, 11) is 0. The standard InChI is InChI=1S/C13H19ClN4/c14-12-7-10(8-15)9-16-13(12)18-5-3-17(4-6-18)11-1-2-11/h7,9,11H,1-6,8,15H2. The number of rotatable bonds is 3. The summed E-state index contributed by atoms with van der Waals surface area (Å²) in [5.41, 5.74) is 6.57. The van der Waals surface area contributed by atoms with E-state index in [9.17, 15) is 0 Å². The molecule has 2 N–H and O–H groups in total. The molecule has 1 aromatic rings. The van der Waals surface area contributed by atoms with Crippen LogP contribution in [0.2, 0.25) is 5.02 Å². The third-order valence-corrected chi connectivity index (χ3v) is 4.07. The zero-order chi connectivity index (χ0) is 12.5. The molecule has 1 aromatic heterocycles. The highest BCUT2D eigenvalue weighted by molar-refractivity contribution is 6.33. The molecule has 1 saturated carbocycles. The number of nitrogens with two attached hydrogens (primary N) is 1. The molecule has 0 radical (unpaired) electrons. The Hall–Kier alpha value is -0.840. The van der Waals surface area contributed by atoms with E-state index in [0.29, 0.717) is 6.54 Å². The second kappa shape index (κ2) is 5.03. The average Bonchev–Trinajstić information content (AvgIpc) is 3.23. The number of hydrogen-bond donors (Lipinski definition) is 1. The zero-order valence-corrected chi connectivity index (χ0v) is 11.2. The van der Waals surface area contributed by atoms with E-state index < -0.39 is 0 Å². The van der Waals surface area contributed by atoms with Crippen LogP contribution in [0.25, 0.3) is 0 Å². The van der Waals surface area contributed by atoms with Crippen molar-refractivity contribution in [2.75, 3.05) is 31.1 Å². The highest BCUT2D eigenvalue weighted by Gasteiger charge is 2.31. The van der Waals surface area contributed by atoms with E-state index in [0.717, 1.165) is 48.6 Å². The molecule has 0 atom stereocenters. The lowest BCUT2D eigenvalue weighted by Crippen LogP contribution is -2.47. The second-order valence-corrected chi connectivity index (χ2v) is 5.51. The number of nitrogens with zero attached hydrogens (tertiary/aromatic N) is 3. The highest BCUT2D eigenvalue weighted by Crippen LogP contribution is 2.30. The molecular weight excluding hydrogens is 248 g/mol. The molecule has 0 amide bonds. The van der Waals surface area contributed by atoms with E-state index in [1.807, 2.05) is 12.3 Å². The van der Waals surface area contributed by atoms with Gasteiger partial charge in [0.05, 0.1) is 5.02 Å². The van der Waals surface area contributed by atoms with Crippen molar-refractivity contribution in [3.05, 3.63) is 22.8 Å². The first-order chi connectivity index (χ1) is 8.78. The fourth-order valence-corrected chi connectivity index (χ4v) is 2.86. The number of aromatic nitrogens is 1. The predicted octanol–water partition coefficient (Wildman–Crippen LogP) is 1.48. The Morgan fingerprint density at radius 3 is 2.56 bits per heavy atom. The van der Waals surface area contributed by atoms with Crippen LogP contribution >= 0.6 is 11.6 Å². The lowest BCUT2D eigenvalue weighted by atomic mass is 10.2. The fraction of sp³-hybridized carbons (Fsp3) is 0.615. The molecule has 18 heavy (non-hydrogen) atoms. The van der Waals surface area contributed by atoms with Gasteiger partial charge in [0, 0.05) is 45.0 Å². The van der Waals surface area contributed by atoms with Crippen molar-refractivity contribution in [2.45, 2.75) is 25.4 Å². The third kappa shape index (κ3) is 2.46. The zero-order valence-electron chi connectivity index (χ0n) is 10.5. The Kier molecular flexibility index (Phi) is 3.41. The predicted molar refractivity (Wildman–Crippen MR) is 73.9 cm³/mol. The molecule has 0 bridgehead atoms. The first kappa shape index (κ1) is 12.2. The van der Waals surface area contributed by atoms with Crippen molar-refractivity contribution in [3.8, 4) is 0 Å². The summed E-state index contributed by atoms with van der Waals surface area (Å²) in [6.45, 7) is 4.78. The van der Waals surface area contributed by atoms with Gasteiger partial charge >= 0.3 is 0 Å². The van der Waals surface area contributed by atoms with Gasteiger partial charge in [-0.1, -0.05) is 11.6 Å². The van der Waals surface area contributed by atoms with Crippen LogP contribution in [0.4, 0.5) is 5.82 Å². The Balaban J connectivity index is 1.68. The summed E-state index contributed by atoms with van der Waals surface area (Å²) in [6, 6.07) is 2.78. The van der Waals surface area contributed by atoms with Crippen molar-refractivity contribution >= 4 is 17.4 Å². The summed E-state index contributed by atoms with van der Waals surface area (Å²) < 4.78 is 0. The maximum atomic E-state index is 6.28.